The first kappa shape index (κ1) is 15.5. The molecular formula is C16H20N4O3. The van der Waals surface area contributed by atoms with E-state index in [1.54, 1.807) is 0 Å². The molecule has 7 heteroatoms. The van der Waals surface area contributed by atoms with Crippen molar-refractivity contribution in [3.05, 3.63) is 41.5 Å². The van der Waals surface area contributed by atoms with Gasteiger partial charge in [-0.3, -0.25) is 9.69 Å². The molecule has 1 aromatic carbocycles. The van der Waals surface area contributed by atoms with E-state index in [1.807, 2.05) is 25.1 Å². The number of nitrogens with zero attached hydrogens (tertiary/aromatic N) is 3. The van der Waals surface area contributed by atoms with E-state index in [1.165, 1.54) is 0 Å². The summed E-state index contributed by atoms with van der Waals surface area (Å²) in [5, 5.41) is 3.63. The van der Waals surface area contributed by atoms with E-state index < -0.39 is 5.91 Å². The first-order valence-corrected chi connectivity index (χ1v) is 7.76. The largest absolute Gasteiger partial charge is 0.494 e. The minimum atomic E-state index is -0.672. The van der Waals surface area contributed by atoms with Gasteiger partial charge in [-0.25, -0.2) is 0 Å². The van der Waals surface area contributed by atoms with Crippen LogP contribution in [0.4, 0.5) is 0 Å². The number of aromatic nitrogens is 2. The summed E-state index contributed by atoms with van der Waals surface area (Å²) >= 11 is 0. The van der Waals surface area contributed by atoms with Crippen molar-refractivity contribution in [2.24, 2.45) is 5.73 Å². The van der Waals surface area contributed by atoms with Crippen LogP contribution in [0.25, 0.3) is 0 Å². The Labute approximate surface area is 134 Å². The number of nitrogens with two attached hydrogens (primary N) is 1. The van der Waals surface area contributed by atoms with Gasteiger partial charge < -0.3 is 15.0 Å². The maximum atomic E-state index is 11.1. The van der Waals surface area contributed by atoms with Gasteiger partial charge in [0.15, 0.2) is 0 Å². The third-order valence-corrected chi connectivity index (χ3v) is 3.91. The molecule has 1 aromatic heterocycles. The lowest BCUT2D eigenvalue weighted by atomic mass is 10.1. The molecule has 0 spiro atoms. The summed E-state index contributed by atoms with van der Waals surface area (Å²) in [6.45, 7) is 4.32. The molecule has 1 amide bonds. The average Bonchev–Trinajstić information content (AvgIpc) is 3.16. The van der Waals surface area contributed by atoms with Gasteiger partial charge in [0.2, 0.25) is 5.89 Å². The number of benzene rings is 1. The van der Waals surface area contributed by atoms with Gasteiger partial charge in [-0.1, -0.05) is 17.3 Å². The van der Waals surface area contributed by atoms with Crippen molar-refractivity contribution in [3.8, 4) is 5.75 Å². The summed E-state index contributed by atoms with van der Waals surface area (Å²) in [6.07, 6.45) is 1.97. The number of carbonyl (C=O) groups excluding carboxylic acids is 1. The second-order valence-corrected chi connectivity index (χ2v) is 5.53. The van der Waals surface area contributed by atoms with Crippen LogP contribution in [0.15, 0.2) is 28.8 Å². The van der Waals surface area contributed by atoms with E-state index in [4.69, 9.17) is 15.0 Å². The van der Waals surface area contributed by atoms with Crippen molar-refractivity contribution in [2.45, 2.75) is 32.4 Å². The molecule has 1 atom stereocenters. The Balaban J connectivity index is 1.73. The Kier molecular flexibility index (Phi) is 4.57. The van der Waals surface area contributed by atoms with Crippen LogP contribution in [0.5, 0.6) is 5.75 Å². The van der Waals surface area contributed by atoms with Crippen LogP contribution >= 0.6 is 0 Å². The number of primary amides is 1. The van der Waals surface area contributed by atoms with Gasteiger partial charge in [-0.15, -0.1) is 0 Å². The van der Waals surface area contributed by atoms with Gasteiger partial charge in [0, 0.05) is 6.54 Å². The van der Waals surface area contributed by atoms with Gasteiger partial charge in [0.25, 0.3) is 11.7 Å². The third kappa shape index (κ3) is 3.50. The zero-order valence-corrected chi connectivity index (χ0v) is 13.1. The van der Waals surface area contributed by atoms with E-state index in [9.17, 15) is 4.79 Å². The van der Waals surface area contributed by atoms with Crippen LogP contribution in [0.1, 0.15) is 47.9 Å². The summed E-state index contributed by atoms with van der Waals surface area (Å²) in [7, 11) is 0. The summed E-state index contributed by atoms with van der Waals surface area (Å²) < 4.78 is 10.8. The molecule has 2 heterocycles. The molecule has 1 aliphatic rings. The zero-order valence-electron chi connectivity index (χ0n) is 13.1. The molecule has 1 saturated heterocycles. The standard InChI is InChI=1S/C16H20N4O3/c1-2-22-12-6-3-5-11(9-12)10-20-8-4-7-13(20)16-18-15(14(17)21)19-23-16/h3,5-6,9,13H,2,4,7-8,10H2,1H3,(H2,17,21). The van der Waals surface area contributed by atoms with E-state index in [2.05, 4.69) is 21.1 Å². The van der Waals surface area contributed by atoms with Crippen LogP contribution in [0.3, 0.4) is 0 Å². The highest BCUT2D eigenvalue weighted by atomic mass is 16.5. The van der Waals surface area contributed by atoms with E-state index >= 15 is 0 Å². The number of amides is 1. The minimum Gasteiger partial charge on any atom is -0.494 e. The molecular weight excluding hydrogens is 296 g/mol. The molecule has 3 rings (SSSR count). The molecule has 0 radical (unpaired) electrons. The van der Waals surface area contributed by atoms with Gasteiger partial charge in [0.1, 0.15) is 5.75 Å². The van der Waals surface area contributed by atoms with Crippen molar-refractivity contribution >= 4 is 5.91 Å². The van der Waals surface area contributed by atoms with E-state index in [0.717, 1.165) is 37.2 Å². The quantitative estimate of drug-likeness (QED) is 0.874. The van der Waals surface area contributed by atoms with Gasteiger partial charge >= 0.3 is 0 Å². The molecule has 122 valence electrons. The second-order valence-electron chi connectivity index (χ2n) is 5.53. The van der Waals surface area contributed by atoms with E-state index in [-0.39, 0.29) is 11.9 Å². The Bertz CT molecular complexity index is 685. The van der Waals surface area contributed by atoms with Crippen molar-refractivity contribution < 1.29 is 14.1 Å². The van der Waals surface area contributed by atoms with Gasteiger partial charge in [0.05, 0.1) is 12.6 Å². The molecule has 1 unspecified atom stereocenters. The molecule has 1 aliphatic heterocycles. The topological polar surface area (TPSA) is 94.5 Å². The monoisotopic (exact) mass is 316 g/mol. The van der Waals surface area contributed by atoms with E-state index in [0.29, 0.717) is 12.5 Å². The van der Waals surface area contributed by atoms with Gasteiger partial charge in [-0.05, 0) is 44.0 Å². The smallest absolute Gasteiger partial charge is 0.290 e. The number of hydrogen-bond acceptors (Lipinski definition) is 6. The van der Waals surface area contributed by atoms with Crippen LogP contribution in [0, 0.1) is 0 Å². The van der Waals surface area contributed by atoms with Crippen molar-refractivity contribution in [1.29, 1.82) is 0 Å². The summed E-state index contributed by atoms with van der Waals surface area (Å²) in [6, 6.07) is 8.07. The lowest BCUT2D eigenvalue weighted by Gasteiger charge is -2.21. The maximum Gasteiger partial charge on any atom is 0.290 e. The fraction of sp³-hybridized carbons (Fsp3) is 0.438. The normalized spacial score (nSPS) is 18.2. The summed E-state index contributed by atoms with van der Waals surface area (Å²) in [5.74, 6) is 0.589. The highest BCUT2D eigenvalue weighted by Crippen LogP contribution is 2.32. The predicted molar refractivity (Wildman–Crippen MR) is 82.8 cm³/mol. The lowest BCUT2D eigenvalue weighted by molar-refractivity contribution is 0.0987. The highest BCUT2D eigenvalue weighted by Gasteiger charge is 2.31. The fourth-order valence-corrected chi connectivity index (χ4v) is 2.90. The maximum absolute atomic E-state index is 11.1. The molecule has 23 heavy (non-hydrogen) atoms. The molecule has 0 aliphatic carbocycles. The SMILES string of the molecule is CCOc1cccc(CN2CCCC2c2nc(C(N)=O)no2)c1. The van der Waals surface area contributed by atoms with Crippen molar-refractivity contribution in [3.63, 3.8) is 0 Å². The van der Waals surface area contributed by atoms with Crippen LogP contribution in [0.2, 0.25) is 0 Å². The summed E-state index contributed by atoms with van der Waals surface area (Å²) in [5.41, 5.74) is 6.34. The Morgan fingerprint density at radius 3 is 3.13 bits per heavy atom. The Morgan fingerprint density at radius 2 is 2.39 bits per heavy atom. The van der Waals surface area contributed by atoms with Crippen LogP contribution < -0.4 is 10.5 Å². The minimum absolute atomic E-state index is 0.0198. The number of ether oxygens (including phenoxy) is 1. The zero-order chi connectivity index (χ0) is 16.2. The molecule has 2 aromatic rings. The second kappa shape index (κ2) is 6.78. The average molecular weight is 316 g/mol. The summed E-state index contributed by atoms with van der Waals surface area (Å²) in [4.78, 5) is 17.5. The number of rotatable bonds is 6. The predicted octanol–water partition coefficient (Wildman–Crippen LogP) is 1.90. The van der Waals surface area contributed by atoms with Crippen molar-refractivity contribution in [1.82, 2.24) is 15.0 Å². The fourth-order valence-electron chi connectivity index (χ4n) is 2.90. The molecule has 1 fully saturated rings. The Morgan fingerprint density at radius 1 is 1.52 bits per heavy atom. The number of likely N-dealkylation sites (tertiary alicyclic amines) is 1. The number of hydrogen-bond donors (Lipinski definition) is 1. The molecule has 0 saturated carbocycles. The lowest BCUT2D eigenvalue weighted by Crippen LogP contribution is -2.23. The first-order chi connectivity index (χ1) is 11.2. The van der Waals surface area contributed by atoms with Crippen LogP contribution in [-0.2, 0) is 6.54 Å². The molecule has 2 N–H and O–H groups in total. The van der Waals surface area contributed by atoms with Crippen molar-refractivity contribution in [2.75, 3.05) is 13.2 Å². The third-order valence-electron chi connectivity index (χ3n) is 3.91. The molecule has 0 bridgehead atoms. The first-order valence-electron chi connectivity index (χ1n) is 7.76. The molecule has 7 nitrogen and oxygen atoms in total. The van der Waals surface area contributed by atoms with Gasteiger partial charge in [-0.2, -0.15) is 4.98 Å². The Hall–Kier alpha value is -2.41. The highest BCUT2D eigenvalue weighted by molar-refractivity contribution is 5.88. The van der Waals surface area contributed by atoms with Crippen LogP contribution in [-0.4, -0.2) is 34.1 Å². The number of carbonyl (C=O) groups is 1.